The van der Waals surface area contributed by atoms with Crippen LogP contribution in [0.25, 0.3) is 0 Å². The van der Waals surface area contributed by atoms with E-state index in [9.17, 15) is 0 Å². The zero-order chi connectivity index (χ0) is 18.1. The Labute approximate surface area is 152 Å². The van der Waals surface area contributed by atoms with E-state index in [4.69, 9.17) is 4.74 Å². The van der Waals surface area contributed by atoms with Crippen LogP contribution in [0.15, 0.2) is 29.3 Å². The third-order valence-electron chi connectivity index (χ3n) is 4.78. The topological polar surface area (TPSA) is 48.9 Å². The second kappa shape index (κ2) is 10.3. The first-order valence-electron chi connectivity index (χ1n) is 9.47. The molecule has 1 atom stereocenters. The summed E-state index contributed by atoms with van der Waals surface area (Å²) >= 11 is 0. The van der Waals surface area contributed by atoms with Crippen molar-refractivity contribution in [2.75, 3.05) is 40.3 Å². The first-order valence-corrected chi connectivity index (χ1v) is 9.47. The highest BCUT2D eigenvalue weighted by Gasteiger charge is 2.25. The van der Waals surface area contributed by atoms with Gasteiger partial charge >= 0.3 is 0 Å². The molecule has 0 bridgehead atoms. The maximum atomic E-state index is 5.61. The quantitative estimate of drug-likeness (QED) is 0.561. The van der Waals surface area contributed by atoms with Gasteiger partial charge in [-0.15, -0.1) is 0 Å². The second-order valence-corrected chi connectivity index (χ2v) is 7.06. The van der Waals surface area contributed by atoms with Gasteiger partial charge in [-0.1, -0.05) is 32.0 Å². The number of benzene rings is 1. The second-order valence-electron chi connectivity index (χ2n) is 7.06. The van der Waals surface area contributed by atoms with Gasteiger partial charge in [-0.25, -0.2) is 0 Å². The summed E-state index contributed by atoms with van der Waals surface area (Å²) in [5.41, 5.74) is 1.25. The fraction of sp³-hybridized carbons (Fsp3) is 0.650. The molecule has 2 N–H and O–H groups in total. The lowest BCUT2D eigenvalue weighted by molar-refractivity contribution is 0.239. The highest BCUT2D eigenvalue weighted by Crippen LogP contribution is 2.31. The van der Waals surface area contributed by atoms with Gasteiger partial charge in [0.2, 0.25) is 0 Å². The fourth-order valence-corrected chi connectivity index (χ4v) is 3.32. The predicted octanol–water partition coefficient (Wildman–Crippen LogP) is 3.04. The van der Waals surface area contributed by atoms with Crippen LogP contribution in [0.2, 0.25) is 0 Å². The van der Waals surface area contributed by atoms with Gasteiger partial charge in [0.05, 0.1) is 13.2 Å². The Morgan fingerprint density at radius 3 is 2.56 bits per heavy atom. The van der Waals surface area contributed by atoms with E-state index in [1.807, 2.05) is 19.2 Å². The largest absolute Gasteiger partial charge is 0.496 e. The Bertz CT molecular complexity index is 538. The number of nitrogens with zero attached hydrogens (tertiary/aromatic N) is 2. The molecule has 25 heavy (non-hydrogen) atoms. The standard InChI is InChI=1S/C20H34N4O/c1-16(2)11-12-22-20(21-3)23-15-18(24-13-7-8-14-24)17-9-5-6-10-19(17)25-4/h5-6,9-10,16,18H,7-8,11-15H2,1-4H3,(H2,21,22,23). The minimum Gasteiger partial charge on any atom is -0.496 e. The van der Waals surface area contributed by atoms with Crippen molar-refractivity contribution in [3.8, 4) is 5.75 Å². The molecule has 5 nitrogen and oxygen atoms in total. The van der Waals surface area contributed by atoms with Gasteiger partial charge in [0.15, 0.2) is 5.96 Å². The highest BCUT2D eigenvalue weighted by atomic mass is 16.5. The van der Waals surface area contributed by atoms with Crippen LogP contribution < -0.4 is 15.4 Å². The molecular weight excluding hydrogens is 312 g/mol. The SMILES string of the molecule is CN=C(NCCC(C)C)NCC(c1ccccc1OC)N1CCCC1. The molecule has 1 aromatic carbocycles. The number of hydrogen-bond acceptors (Lipinski definition) is 3. The van der Waals surface area contributed by atoms with Crippen LogP contribution in [-0.2, 0) is 0 Å². The molecule has 2 rings (SSSR count). The van der Waals surface area contributed by atoms with E-state index in [2.05, 4.69) is 46.5 Å². The Morgan fingerprint density at radius 1 is 1.20 bits per heavy atom. The molecule has 1 aromatic rings. The molecule has 0 saturated carbocycles. The molecule has 1 saturated heterocycles. The zero-order valence-corrected chi connectivity index (χ0v) is 16.2. The highest BCUT2D eigenvalue weighted by molar-refractivity contribution is 5.79. The van der Waals surface area contributed by atoms with Gasteiger partial charge in [-0.05, 0) is 44.3 Å². The van der Waals surface area contributed by atoms with Crippen LogP contribution >= 0.6 is 0 Å². The summed E-state index contributed by atoms with van der Waals surface area (Å²) in [7, 11) is 3.58. The lowest BCUT2D eigenvalue weighted by atomic mass is 10.0. The number of ether oxygens (including phenoxy) is 1. The van der Waals surface area contributed by atoms with Crippen molar-refractivity contribution < 1.29 is 4.74 Å². The van der Waals surface area contributed by atoms with Gasteiger partial charge in [-0.2, -0.15) is 0 Å². The number of aliphatic imine (C=N–C) groups is 1. The smallest absolute Gasteiger partial charge is 0.191 e. The van der Waals surface area contributed by atoms with Crippen LogP contribution in [0.1, 0.15) is 44.7 Å². The van der Waals surface area contributed by atoms with Crippen molar-refractivity contribution >= 4 is 5.96 Å². The summed E-state index contributed by atoms with van der Waals surface area (Å²) in [6, 6.07) is 8.65. The third kappa shape index (κ3) is 5.92. The zero-order valence-electron chi connectivity index (χ0n) is 16.2. The van der Waals surface area contributed by atoms with E-state index in [0.29, 0.717) is 12.0 Å². The van der Waals surface area contributed by atoms with Crippen LogP contribution in [0.4, 0.5) is 0 Å². The molecule has 1 aliphatic heterocycles. The molecule has 1 aliphatic rings. The van der Waals surface area contributed by atoms with Crippen LogP contribution in [-0.4, -0.2) is 51.2 Å². The molecule has 0 amide bonds. The monoisotopic (exact) mass is 346 g/mol. The fourth-order valence-electron chi connectivity index (χ4n) is 3.32. The first-order chi connectivity index (χ1) is 12.2. The van der Waals surface area contributed by atoms with E-state index in [-0.39, 0.29) is 0 Å². The number of hydrogen-bond donors (Lipinski definition) is 2. The Balaban J connectivity index is 2.03. The molecule has 0 spiro atoms. The normalized spacial score (nSPS) is 16.9. The van der Waals surface area contributed by atoms with Gasteiger partial charge in [0.25, 0.3) is 0 Å². The van der Waals surface area contributed by atoms with E-state index in [0.717, 1.165) is 44.3 Å². The number of rotatable bonds is 8. The molecule has 0 aliphatic carbocycles. The summed E-state index contributed by atoms with van der Waals surface area (Å²) in [6.45, 7) is 8.53. The predicted molar refractivity (Wildman–Crippen MR) is 105 cm³/mol. The minimum absolute atomic E-state index is 0.294. The van der Waals surface area contributed by atoms with Gasteiger partial charge in [0, 0.05) is 25.7 Å². The average molecular weight is 347 g/mol. The molecule has 1 heterocycles. The molecule has 0 aromatic heterocycles. The number of methoxy groups -OCH3 is 1. The molecule has 1 unspecified atom stereocenters. The molecular formula is C20H34N4O. The maximum absolute atomic E-state index is 5.61. The van der Waals surface area contributed by atoms with E-state index < -0.39 is 0 Å². The number of likely N-dealkylation sites (tertiary alicyclic amines) is 1. The Kier molecular flexibility index (Phi) is 8.06. The summed E-state index contributed by atoms with van der Waals surface area (Å²) in [6.07, 6.45) is 3.68. The third-order valence-corrected chi connectivity index (χ3v) is 4.78. The van der Waals surface area contributed by atoms with Crippen molar-refractivity contribution in [2.24, 2.45) is 10.9 Å². The summed E-state index contributed by atoms with van der Waals surface area (Å²) in [4.78, 5) is 6.91. The van der Waals surface area contributed by atoms with Crippen LogP contribution in [0.5, 0.6) is 5.75 Å². The minimum atomic E-state index is 0.294. The summed E-state index contributed by atoms with van der Waals surface area (Å²) < 4.78 is 5.61. The van der Waals surface area contributed by atoms with E-state index in [1.54, 1.807) is 7.11 Å². The van der Waals surface area contributed by atoms with Gasteiger partial charge in [-0.3, -0.25) is 9.89 Å². The molecule has 1 fully saturated rings. The van der Waals surface area contributed by atoms with Crippen molar-refractivity contribution in [1.82, 2.24) is 15.5 Å². The maximum Gasteiger partial charge on any atom is 0.191 e. The lowest BCUT2D eigenvalue weighted by Gasteiger charge is -2.30. The number of nitrogens with one attached hydrogen (secondary N) is 2. The van der Waals surface area contributed by atoms with Crippen LogP contribution in [0, 0.1) is 5.92 Å². The first kappa shape index (κ1) is 19.6. The van der Waals surface area contributed by atoms with Crippen molar-refractivity contribution in [3.63, 3.8) is 0 Å². The van der Waals surface area contributed by atoms with Crippen molar-refractivity contribution in [1.29, 1.82) is 0 Å². The van der Waals surface area contributed by atoms with Crippen LogP contribution in [0.3, 0.4) is 0 Å². The molecule has 5 heteroatoms. The number of para-hydroxylation sites is 1. The van der Waals surface area contributed by atoms with E-state index in [1.165, 1.54) is 18.4 Å². The summed E-state index contributed by atoms with van der Waals surface area (Å²) in [5.74, 6) is 2.53. The van der Waals surface area contributed by atoms with Gasteiger partial charge < -0.3 is 15.4 Å². The molecule has 0 radical (unpaired) electrons. The van der Waals surface area contributed by atoms with Gasteiger partial charge in [0.1, 0.15) is 5.75 Å². The Morgan fingerprint density at radius 2 is 1.92 bits per heavy atom. The van der Waals surface area contributed by atoms with E-state index >= 15 is 0 Å². The number of guanidine groups is 1. The summed E-state index contributed by atoms with van der Waals surface area (Å²) in [5, 5.41) is 6.93. The van der Waals surface area contributed by atoms with Crippen molar-refractivity contribution in [3.05, 3.63) is 29.8 Å². The average Bonchev–Trinajstić information content (AvgIpc) is 3.15. The van der Waals surface area contributed by atoms with Crippen molar-refractivity contribution in [2.45, 2.75) is 39.2 Å². The molecule has 140 valence electrons. The Hall–Kier alpha value is -1.75. The lowest BCUT2D eigenvalue weighted by Crippen LogP contribution is -2.43.